The zero-order chi connectivity index (χ0) is 3.58. The van der Waals surface area contributed by atoms with Crippen LogP contribution in [0.1, 0.15) is 0 Å². The third kappa shape index (κ3) is 10.9. The Morgan fingerprint density at radius 3 is 1.50 bits per heavy atom. The molecule has 0 rings (SSSR count). The average molecular weight is 275 g/mol. The second kappa shape index (κ2) is 2.41. The summed E-state index contributed by atoms with van der Waals surface area (Å²) >= 11 is -1.12. The van der Waals surface area contributed by atoms with E-state index in [-0.39, 0.29) is 0 Å². The Balaban J connectivity index is 2.32. The molecule has 0 saturated heterocycles. The fourth-order valence-electron chi connectivity index (χ4n) is 0. The van der Waals surface area contributed by atoms with E-state index in [0.717, 1.165) is 0 Å². The number of rotatable bonds is 0. The summed E-state index contributed by atoms with van der Waals surface area (Å²) < 4.78 is 4.27. The number of hydrogen-bond donors (Lipinski definition) is 0. The fourth-order valence-corrected chi connectivity index (χ4v) is 0. The van der Waals surface area contributed by atoms with Gasteiger partial charge in [-0.2, -0.15) is 0 Å². The molecule has 0 aromatic carbocycles. The van der Waals surface area contributed by atoms with Gasteiger partial charge in [0, 0.05) is 0 Å². The van der Waals surface area contributed by atoms with Crippen LogP contribution in [0.2, 0.25) is 9.26 Å². The molecule has 0 atom stereocenters. The number of halogens is 1. The minimum atomic E-state index is -1.12. The standard InChI is InChI=1S/2CH3.Bi.ClH/h2*1H3;;1H/q;;+1;/p-1. The third-order valence-corrected chi connectivity index (χ3v) is 0. The maximum absolute atomic E-state index is 5.48. The molecule has 26 valence electrons. The molecular formula is C2H6BiCl. The van der Waals surface area contributed by atoms with Crippen molar-refractivity contribution < 1.29 is 0 Å². The van der Waals surface area contributed by atoms with Crippen LogP contribution in [0.3, 0.4) is 0 Å². The number of hydrogen-bond acceptors (Lipinski definition) is 0. The van der Waals surface area contributed by atoms with E-state index < -0.39 is 20.6 Å². The van der Waals surface area contributed by atoms with E-state index in [4.69, 9.17) is 8.51 Å². The van der Waals surface area contributed by atoms with E-state index in [1.165, 1.54) is 0 Å². The Labute approximate surface area is 38.4 Å². The molecule has 0 amide bonds. The molecule has 0 spiro atoms. The van der Waals surface area contributed by atoms with Crippen molar-refractivity contribution in [2.24, 2.45) is 0 Å². The topological polar surface area (TPSA) is 0 Å². The summed E-state index contributed by atoms with van der Waals surface area (Å²) in [5.74, 6) is 0. The van der Waals surface area contributed by atoms with Crippen molar-refractivity contribution in [3.63, 3.8) is 0 Å². The van der Waals surface area contributed by atoms with Gasteiger partial charge < -0.3 is 0 Å². The Morgan fingerprint density at radius 1 is 1.50 bits per heavy atom. The Hall–Kier alpha value is 1.17. The van der Waals surface area contributed by atoms with Gasteiger partial charge in [0.2, 0.25) is 0 Å². The van der Waals surface area contributed by atoms with E-state index in [1.807, 2.05) is 0 Å². The molecule has 2 heteroatoms. The molecular weight excluding hydrogens is 268 g/mol. The van der Waals surface area contributed by atoms with Crippen LogP contribution >= 0.6 is 8.51 Å². The Morgan fingerprint density at radius 2 is 1.50 bits per heavy atom. The first-order valence-electron chi connectivity index (χ1n) is 1.06. The first kappa shape index (κ1) is 5.17. The van der Waals surface area contributed by atoms with Crippen LogP contribution in [0.5, 0.6) is 0 Å². The van der Waals surface area contributed by atoms with E-state index in [9.17, 15) is 0 Å². The van der Waals surface area contributed by atoms with Crippen molar-refractivity contribution >= 4 is 29.1 Å². The Bertz CT molecular complexity index is 10.8. The molecule has 0 aliphatic carbocycles. The van der Waals surface area contributed by atoms with E-state index in [0.29, 0.717) is 0 Å². The van der Waals surface area contributed by atoms with E-state index in [2.05, 4.69) is 9.26 Å². The van der Waals surface area contributed by atoms with Gasteiger partial charge in [0.15, 0.2) is 0 Å². The summed E-state index contributed by atoms with van der Waals surface area (Å²) in [6, 6.07) is 0. The molecule has 4 heavy (non-hydrogen) atoms. The molecule has 0 aliphatic heterocycles. The SMILES string of the molecule is [CH3][Bi]([CH3])[Cl]. The molecule has 0 radical (unpaired) electrons. The molecule has 0 N–H and O–H groups in total. The Kier molecular flexibility index (Phi) is 3.12. The maximum atomic E-state index is 5.48. The third-order valence-electron chi connectivity index (χ3n) is 0. The zero-order valence-electron chi connectivity index (χ0n) is 2.83. The molecule has 0 bridgehead atoms. The monoisotopic (exact) mass is 274 g/mol. The molecule has 0 nitrogen and oxygen atoms in total. The van der Waals surface area contributed by atoms with Gasteiger partial charge in [-0.25, -0.2) is 0 Å². The van der Waals surface area contributed by atoms with Gasteiger partial charge in [-0.15, -0.1) is 0 Å². The van der Waals surface area contributed by atoms with Crippen LogP contribution in [0.4, 0.5) is 0 Å². The molecule has 0 aromatic heterocycles. The predicted octanol–water partition coefficient (Wildman–Crippen LogP) is 1.48. The first-order chi connectivity index (χ1) is 1.73. The quantitative estimate of drug-likeness (QED) is 0.587. The van der Waals surface area contributed by atoms with E-state index in [1.54, 1.807) is 0 Å². The van der Waals surface area contributed by atoms with Crippen LogP contribution < -0.4 is 0 Å². The summed E-state index contributed by atoms with van der Waals surface area (Å²) in [5.41, 5.74) is 0. The predicted molar refractivity (Wildman–Crippen MR) is 23.3 cm³/mol. The molecule has 0 aromatic rings. The first-order valence-corrected chi connectivity index (χ1v) is 12.3. The fraction of sp³-hybridized carbons (Fsp3) is 1.00. The van der Waals surface area contributed by atoms with Crippen molar-refractivity contribution in [3.8, 4) is 0 Å². The summed E-state index contributed by atoms with van der Waals surface area (Å²) in [6.07, 6.45) is 0. The van der Waals surface area contributed by atoms with Gasteiger partial charge in [-0.05, 0) is 0 Å². The molecule has 0 heterocycles. The molecule has 0 unspecified atom stereocenters. The molecule has 0 fully saturated rings. The summed E-state index contributed by atoms with van der Waals surface area (Å²) in [4.78, 5) is 0. The van der Waals surface area contributed by atoms with Crippen LogP contribution in [0.15, 0.2) is 0 Å². The summed E-state index contributed by atoms with van der Waals surface area (Å²) in [5, 5.41) is 0. The van der Waals surface area contributed by atoms with Gasteiger partial charge in [0.1, 0.15) is 0 Å². The van der Waals surface area contributed by atoms with Gasteiger partial charge in [0.25, 0.3) is 0 Å². The minimum absolute atomic E-state index is 1.12. The van der Waals surface area contributed by atoms with Crippen molar-refractivity contribution in [2.45, 2.75) is 9.26 Å². The van der Waals surface area contributed by atoms with Gasteiger partial charge in [-0.1, -0.05) is 0 Å². The van der Waals surface area contributed by atoms with Gasteiger partial charge >= 0.3 is 38.3 Å². The average Bonchev–Trinajstić information content (AvgIpc) is 0.811. The molecule has 0 aliphatic rings. The second-order valence-electron chi connectivity index (χ2n) is 0.785. The second-order valence-corrected chi connectivity index (χ2v) is 12.8. The van der Waals surface area contributed by atoms with Gasteiger partial charge in [-0.3, -0.25) is 0 Å². The zero-order valence-corrected chi connectivity index (χ0v) is 7.06. The summed E-state index contributed by atoms with van der Waals surface area (Å²) in [7, 11) is 5.48. The van der Waals surface area contributed by atoms with Crippen molar-refractivity contribution in [1.82, 2.24) is 0 Å². The van der Waals surface area contributed by atoms with E-state index >= 15 is 0 Å². The normalized spacial score (nSPS) is 9.00. The summed E-state index contributed by atoms with van der Waals surface area (Å²) in [6.45, 7) is 0. The van der Waals surface area contributed by atoms with Crippen molar-refractivity contribution in [2.75, 3.05) is 0 Å². The van der Waals surface area contributed by atoms with Crippen LogP contribution in [0, 0.1) is 0 Å². The molecule has 0 saturated carbocycles. The van der Waals surface area contributed by atoms with Gasteiger partial charge in [0.05, 0.1) is 0 Å². The van der Waals surface area contributed by atoms with Crippen molar-refractivity contribution in [3.05, 3.63) is 0 Å². The van der Waals surface area contributed by atoms with Crippen molar-refractivity contribution in [1.29, 1.82) is 0 Å². The van der Waals surface area contributed by atoms with Crippen LogP contribution in [-0.2, 0) is 0 Å². The van der Waals surface area contributed by atoms with Crippen LogP contribution in [-0.4, -0.2) is 20.6 Å². The van der Waals surface area contributed by atoms with Crippen LogP contribution in [0.25, 0.3) is 0 Å².